The molecule has 2 aromatic rings. The number of hydrogen-bond donors (Lipinski definition) is 0. The number of piperidine rings is 1. The predicted molar refractivity (Wildman–Crippen MR) is 95.5 cm³/mol. The van der Waals surface area contributed by atoms with Gasteiger partial charge in [0.1, 0.15) is 11.5 Å². The number of nitrogens with zero attached hydrogens (tertiary/aromatic N) is 6. The molecule has 132 valence electrons. The van der Waals surface area contributed by atoms with Crippen LogP contribution in [0.1, 0.15) is 34.8 Å². The second kappa shape index (κ2) is 7.55. The molecule has 7 heteroatoms. The Morgan fingerprint density at radius 2 is 2.04 bits per heavy atom. The zero-order valence-corrected chi connectivity index (χ0v) is 15.0. The number of amides is 1. The molecule has 1 aliphatic heterocycles. The van der Waals surface area contributed by atoms with E-state index in [1.54, 1.807) is 31.4 Å². The number of anilines is 1. The molecule has 1 amide bonds. The van der Waals surface area contributed by atoms with Crippen LogP contribution in [0.2, 0.25) is 0 Å². The minimum absolute atomic E-state index is 0.0882. The second-order valence-corrected chi connectivity index (χ2v) is 6.70. The molecule has 1 atom stereocenters. The van der Waals surface area contributed by atoms with Gasteiger partial charge in [-0.25, -0.2) is 19.9 Å². The Morgan fingerprint density at radius 1 is 1.28 bits per heavy atom. The van der Waals surface area contributed by atoms with Crippen molar-refractivity contribution in [2.45, 2.75) is 26.2 Å². The van der Waals surface area contributed by atoms with Crippen LogP contribution in [0, 0.1) is 12.8 Å². The van der Waals surface area contributed by atoms with E-state index in [1.165, 1.54) is 0 Å². The lowest BCUT2D eigenvalue weighted by Crippen LogP contribution is -2.37. The quantitative estimate of drug-likeness (QED) is 0.844. The number of rotatable bonds is 4. The maximum Gasteiger partial charge on any atom is 0.272 e. The van der Waals surface area contributed by atoms with Gasteiger partial charge in [0, 0.05) is 45.3 Å². The summed E-state index contributed by atoms with van der Waals surface area (Å²) in [6.07, 6.45) is 6.64. The maximum absolute atomic E-state index is 12.2. The van der Waals surface area contributed by atoms with Crippen molar-refractivity contribution in [1.82, 2.24) is 24.8 Å². The second-order valence-electron chi connectivity index (χ2n) is 6.70. The van der Waals surface area contributed by atoms with E-state index in [2.05, 4.69) is 24.8 Å². The molecule has 0 spiro atoms. The average Bonchev–Trinajstić information content (AvgIpc) is 2.61. The molecule has 0 aromatic carbocycles. The molecule has 0 bridgehead atoms. The van der Waals surface area contributed by atoms with Gasteiger partial charge in [-0.3, -0.25) is 4.79 Å². The maximum atomic E-state index is 12.2. The van der Waals surface area contributed by atoms with Gasteiger partial charge in [0.05, 0.1) is 0 Å². The van der Waals surface area contributed by atoms with Crippen LogP contribution in [0.15, 0.2) is 24.5 Å². The van der Waals surface area contributed by atoms with Gasteiger partial charge in [0.25, 0.3) is 5.91 Å². The Labute approximate surface area is 148 Å². The standard InChI is InChI=1S/C18H24N6O/c1-13-21-15(11-16(22-13)17(25)23(2)3)10-14-6-4-9-24(12-14)18-19-7-5-8-20-18/h5,7-8,11,14H,4,6,9-10,12H2,1-3H3/t14-/m0/s1. The number of aromatic nitrogens is 4. The minimum Gasteiger partial charge on any atom is -0.343 e. The van der Waals surface area contributed by atoms with Crippen LogP contribution in [0.5, 0.6) is 0 Å². The molecule has 3 rings (SSSR count). The summed E-state index contributed by atoms with van der Waals surface area (Å²) in [4.78, 5) is 33.5. The van der Waals surface area contributed by atoms with Gasteiger partial charge in [-0.2, -0.15) is 0 Å². The summed E-state index contributed by atoms with van der Waals surface area (Å²) in [6.45, 7) is 3.72. The lowest BCUT2D eigenvalue weighted by Gasteiger charge is -2.32. The van der Waals surface area contributed by atoms with Crippen LogP contribution in [0.3, 0.4) is 0 Å². The van der Waals surface area contributed by atoms with E-state index in [1.807, 2.05) is 19.1 Å². The number of carbonyl (C=O) groups is 1. The van der Waals surface area contributed by atoms with E-state index >= 15 is 0 Å². The van der Waals surface area contributed by atoms with Crippen molar-refractivity contribution in [3.8, 4) is 0 Å². The molecule has 0 radical (unpaired) electrons. The van der Waals surface area contributed by atoms with Gasteiger partial charge in [-0.15, -0.1) is 0 Å². The SMILES string of the molecule is Cc1nc(C[C@@H]2CCCN(c3ncccn3)C2)cc(C(=O)N(C)C)n1. The van der Waals surface area contributed by atoms with E-state index in [4.69, 9.17) is 0 Å². The molecule has 0 N–H and O–H groups in total. The molecule has 0 saturated carbocycles. The van der Waals surface area contributed by atoms with Crippen molar-refractivity contribution in [2.24, 2.45) is 5.92 Å². The lowest BCUT2D eigenvalue weighted by molar-refractivity contribution is 0.0821. The molecule has 2 aromatic heterocycles. The van der Waals surface area contributed by atoms with Crippen molar-refractivity contribution >= 4 is 11.9 Å². The summed E-state index contributed by atoms with van der Waals surface area (Å²) in [5.41, 5.74) is 1.39. The van der Waals surface area contributed by atoms with Gasteiger partial charge in [-0.1, -0.05) is 0 Å². The topological polar surface area (TPSA) is 75.1 Å². The fourth-order valence-corrected chi connectivity index (χ4v) is 3.24. The summed E-state index contributed by atoms with van der Waals surface area (Å²) in [7, 11) is 3.47. The van der Waals surface area contributed by atoms with Crippen LogP contribution >= 0.6 is 0 Å². The monoisotopic (exact) mass is 340 g/mol. The first-order valence-electron chi connectivity index (χ1n) is 8.61. The molecule has 1 aliphatic rings. The third-order valence-electron chi connectivity index (χ3n) is 4.37. The number of carbonyl (C=O) groups excluding carboxylic acids is 1. The average molecular weight is 340 g/mol. The fourth-order valence-electron chi connectivity index (χ4n) is 3.24. The highest BCUT2D eigenvalue weighted by molar-refractivity contribution is 5.92. The van der Waals surface area contributed by atoms with Crippen LogP contribution in [0.4, 0.5) is 5.95 Å². The molecule has 1 saturated heterocycles. The van der Waals surface area contributed by atoms with E-state index in [0.29, 0.717) is 17.4 Å². The Kier molecular flexibility index (Phi) is 5.21. The first-order chi connectivity index (χ1) is 12.0. The molecule has 25 heavy (non-hydrogen) atoms. The number of aryl methyl sites for hydroxylation is 1. The Balaban J connectivity index is 1.72. The summed E-state index contributed by atoms with van der Waals surface area (Å²) in [5.74, 6) is 1.81. The molecular formula is C18H24N6O. The summed E-state index contributed by atoms with van der Waals surface area (Å²) in [5, 5.41) is 0. The predicted octanol–water partition coefficient (Wildman–Crippen LogP) is 1.74. The molecule has 1 fully saturated rings. The third-order valence-corrected chi connectivity index (χ3v) is 4.37. The van der Waals surface area contributed by atoms with Gasteiger partial charge < -0.3 is 9.80 Å². The smallest absolute Gasteiger partial charge is 0.272 e. The Hall–Kier alpha value is -2.57. The molecular weight excluding hydrogens is 316 g/mol. The number of hydrogen-bond acceptors (Lipinski definition) is 6. The van der Waals surface area contributed by atoms with Crippen molar-refractivity contribution < 1.29 is 4.79 Å². The fraction of sp³-hybridized carbons (Fsp3) is 0.500. The van der Waals surface area contributed by atoms with Crippen molar-refractivity contribution in [1.29, 1.82) is 0 Å². The first-order valence-corrected chi connectivity index (χ1v) is 8.61. The molecule has 7 nitrogen and oxygen atoms in total. The van der Waals surface area contributed by atoms with Crippen LogP contribution in [-0.4, -0.2) is 57.9 Å². The van der Waals surface area contributed by atoms with E-state index in [9.17, 15) is 4.79 Å². The van der Waals surface area contributed by atoms with Crippen LogP contribution in [0.25, 0.3) is 0 Å². The Morgan fingerprint density at radius 3 is 2.76 bits per heavy atom. The van der Waals surface area contributed by atoms with Crippen LogP contribution in [-0.2, 0) is 6.42 Å². The van der Waals surface area contributed by atoms with Crippen LogP contribution < -0.4 is 4.90 Å². The van der Waals surface area contributed by atoms with Gasteiger partial charge >= 0.3 is 0 Å². The summed E-state index contributed by atoms with van der Waals surface area (Å²) >= 11 is 0. The van der Waals surface area contributed by atoms with E-state index < -0.39 is 0 Å². The highest BCUT2D eigenvalue weighted by atomic mass is 16.2. The zero-order valence-electron chi connectivity index (χ0n) is 15.0. The largest absolute Gasteiger partial charge is 0.343 e. The Bertz CT molecular complexity index is 734. The normalized spacial score (nSPS) is 17.4. The summed E-state index contributed by atoms with van der Waals surface area (Å²) < 4.78 is 0. The van der Waals surface area contributed by atoms with Crippen molar-refractivity contribution in [2.75, 3.05) is 32.1 Å². The molecule has 3 heterocycles. The lowest BCUT2D eigenvalue weighted by atomic mass is 9.93. The summed E-state index contributed by atoms with van der Waals surface area (Å²) in [6, 6.07) is 3.66. The van der Waals surface area contributed by atoms with E-state index in [-0.39, 0.29) is 5.91 Å². The molecule has 0 unspecified atom stereocenters. The van der Waals surface area contributed by atoms with Crippen molar-refractivity contribution in [3.05, 3.63) is 41.7 Å². The minimum atomic E-state index is -0.0882. The van der Waals surface area contributed by atoms with Gasteiger partial charge in [-0.05, 0) is 44.2 Å². The third kappa shape index (κ3) is 4.29. The zero-order chi connectivity index (χ0) is 17.8. The highest BCUT2D eigenvalue weighted by Crippen LogP contribution is 2.23. The molecule has 0 aliphatic carbocycles. The first kappa shape index (κ1) is 17.3. The van der Waals surface area contributed by atoms with Gasteiger partial charge in [0.2, 0.25) is 5.95 Å². The van der Waals surface area contributed by atoms with Gasteiger partial charge in [0.15, 0.2) is 0 Å². The van der Waals surface area contributed by atoms with E-state index in [0.717, 1.165) is 44.0 Å². The van der Waals surface area contributed by atoms with Crippen molar-refractivity contribution in [3.63, 3.8) is 0 Å². The highest BCUT2D eigenvalue weighted by Gasteiger charge is 2.23.